The van der Waals surface area contributed by atoms with Crippen molar-refractivity contribution < 1.29 is 13.6 Å². The van der Waals surface area contributed by atoms with Gasteiger partial charge in [0.2, 0.25) is 0 Å². The normalized spacial score (nSPS) is 10.7. The summed E-state index contributed by atoms with van der Waals surface area (Å²) in [6, 6.07) is 3.37. The Kier molecular flexibility index (Phi) is 3.86. The number of carbonyl (C=O) groups excluding carboxylic acids is 1. The summed E-state index contributed by atoms with van der Waals surface area (Å²) in [5.74, 6) is -0.903. The number of benzene rings is 1. The first-order chi connectivity index (χ1) is 10.5. The lowest BCUT2D eigenvalue weighted by Crippen LogP contribution is -2.12. The topological polar surface area (TPSA) is 80.9 Å². The van der Waals surface area contributed by atoms with E-state index in [1.165, 1.54) is 17.4 Å². The second kappa shape index (κ2) is 5.82. The molecular formula is C13H8ClFN4O2S. The summed E-state index contributed by atoms with van der Waals surface area (Å²) >= 11 is 7.26. The highest BCUT2D eigenvalue weighted by atomic mass is 35.5. The average Bonchev–Trinajstić information content (AvgIpc) is 3.07. The second-order valence-electron chi connectivity index (χ2n) is 4.24. The fraction of sp³-hybridized carbons (Fsp3) is 0.0769. The molecule has 3 rings (SSSR count). The molecule has 0 spiro atoms. The lowest BCUT2D eigenvalue weighted by atomic mass is 10.2. The fourth-order valence-corrected chi connectivity index (χ4v) is 2.52. The number of nitrogens with zero attached hydrogens (tertiary/aromatic N) is 3. The molecule has 1 N–H and O–H groups in total. The maximum atomic E-state index is 13.0. The quantitative estimate of drug-likeness (QED) is 0.789. The van der Waals surface area contributed by atoms with Crippen LogP contribution in [0.1, 0.15) is 15.4 Å². The van der Waals surface area contributed by atoms with Gasteiger partial charge >= 0.3 is 6.01 Å². The molecule has 0 radical (unpaired) electrons. The van der Waals surface area contributed by atoms with E-state index in [1.807, 2.05) is 6.92 Å². The molecule has 0 aliphatic rings. The number of hydrogen-bond donors (Lipinski definition) is 1. The number of rotatable bonds is 3. The Hall–Kier alpha value is -2.32. The van der Waals surface area contributed by atoms with Gasteiger partial charge in [0.05, 0.1) is 15.6 Å². The van der Waals surface area contributed by atoms with Crippen molar-refractivity contribution in [1.29, 1.82) is 0 Å². The zero-order valence-corrected chi connectivity index (χ0v) is 12.7. The smallest absolute Gasteiger partial charge is 0.322 e. The Balaban J connectivity index is 1.79. The molecule has 0 aliphatic carbocycles. The van der Waals surface area contributed by atoms with Gasteiger partial charge in [0.1, 0.15) is 11.5 Å². The molecule has 22 heavy (non-hydrogen) atoms. The molecule has 0 aliphatic heterocycles. The van der Waals surface area contributed by atoms with E-state index in [0.717, 1.165) is 17.1 Å². The predicted octanol–water partition coefficient (Wildman–Crippen LogP) is 3.55. The van der Waals surface area contributed by atoms with E-state index >= 15 is 0 Å². The van der Waals surface area contributed by atoms with Crippen molar-refractivity contribution in [2.45, 2.75) is 6.92 Å². The van der Waals surface area contributed by atoms with Crippen molar-refractivity contribution in [3.05, 3.63) is 45.0 Å². The number of hydrogen-bond acceptors (Lipinski definition) is 6. The number of anilines is 1. The van der Waals surface area contributed by atoms with E-state index < -0.39 is 11.7 Å². The summed E-state index contributed by atoms with van der Waals surface area (Å²) < 4.78 is 18.3. The summed E-state index contributed by atoms with van der Waals surface area (Å²) in [6.45, 7) is 1.85. The van der Waals surface area contributed by atoms with E-state index in [-0.39, 0.29) is 22.5 Å². The van der Waals surface area contributed by atoms with Crippen LogP contribution in [0.15, 0.2) is 28.0 Å². The molecule has 2 heterocycles. The summed E-state index contributed by atoms with van der Waals surface area (Å²) in [6.07, 6.45) is 0. The number of amides is 1. The Morgan fingerprint density at radius 2 is 2.23 bits per heavy atom. The van der Waals surface area contributed by atoms with Crippen LogP contribution in [0.5, 0.6) is 0 Å². The van der Waals surface area contributed by atoms with Crippen LogP contribution in [0.4, 0.5) is 10.4 Å². The van der Waals surface area contributed by atoms with Crippen molar-refractivity contribution in [3.63, 3.8) is 0 Å². The maximum Gasteiger partial charge on any atom is 0.322 e. The highest BCUT2D eigenvalue weighted by molar-refractivity contribution is 7.09. The Morgan fingerprint density at radius 3 is 2.91 bits per heavy atom. The summed E-state index contributed by atoms with van der Waals surface area (Å²) in [4.78, 5) is 16.2. The van der Waals surface area contributed by atoms with E-state index in [2.05, 4.69) is 20.5 Å². The lowest BCUT2D eigenvalue weighted by Gasteiger charge is -2.02. The lowest BCUT2D eigenvalue weighted by molar-refractivity contribution is 0.102. The van der Waals surface area contributed by atoms with E-state index in [9.17, 15) is 9.18 Å². The molecule has 9 heteroatoms. The van der Waals surface area contributed by atoms with Gasteiger partial charge < -0.3 is 4.42 Å². The molecule has 112 valence electrons. The number of aryl methyl sites for hydroxylation is 1. The summed E-state index contributed by atoms with van der Waals surface area (Å²) in [7, 11) is 0. The van der Waals surface area contributed by atoms with Gasteiger partial charge in [-0.05, 0) is 25.1 Å². The third-order valence-corrected chi connectivity index (χ3v) is 3.75. The van der Waals surface area contributed by atoms with Gasteiger partial charge in [-0.1, -0.05) is 16.7 Å². The minimum Gasteiger partial charge on any atom is -0.401 e. The minimum absolute atomic E-state index is 0.00707. The molecule has 3 aromatic rings. The third-order valence-electron chi connectivity index (χ3n) is 2.66. The van der Waals surface area contributed by atoms with Crippen LogP contribution in [0.2, 0.25) is 5.02 Å². The standard InChI is InChI=1S/C13H8ClFN4O2S/c1-6-16-10(5-22-6)12-18-19-13(21-12)17-11(20)8-3-2-7(15)4-9(8)14/h2-5H,1H3,(H,17,19,20). The molecule has 1 amide bonds. The second-order valence-corrected chi connectivity index (χ2v) is 5.71. The Bertz CT molecular complexity index is 848. The molecular weight excluding hydrogens is 331 g/mol. The van der Waals surface area contributed by atoms with E-state index in [1.54, 1.807) is 5.38 Å². The van der Waals surface area contributed by atoms with Crippen molar-refractivity contribution in [2.24, 2.45) is 0 Å². The van der Waals surface area contributed by atoms with Crippen molar-refractivity contribution in [3.8, 4) is 11.6 Å². The van der Waals surface area contributed by atoms with Gasteiger partial charge in [0.15, 0.2) is 0 Å². The maximum absolute atomic E-state index is 13.0. The molecule has 0 unspecified atom stereocenters. The molecule has 0 saturated heterocycles. The van der Waals surface area contributed by atoms with Crippen LogP contribution >= 0.6 is 22.9 Å². The number of nitrogens with one attached hydrogen (secondary N) is 1. The summed E-state index contributed by atoms with van der Waals surface area (Å²) in [5, 5.41) is 12.5. The first kappa shape index (κ1) is 14.6. The fourth-order valence-electron chi connectivity index (χ4n) is 1.68. The predicted molar refractivity (Wildman–Crippen MR) is 79.5 cm³/mol. The van der Waals surface area contributed by atoms with Crippen LogP contribution in [-0.2, 0) is 0 Å². The molecule has 0 bridgehead atoms. The van der Waals surface area contributed by atoms with Crippen molar-refractivity contribution >= 4 is 34.9 Å². The van der Waals surface area contributed by atoms with Gasteiger partial charge in [-0.3, -0.25) is 10.1 Å². The van der Waals surface area contributed by atoms with Gasteiger partial charge in [-0.15, -0.1) is 16.4 Å². The molecule has 0 fully saturated rings. The molecule has 2 aromatic heterocycles. The van der Waals surface area contributed by atoms with E-state index in [4.69, 9.17) is 16.0 Å². The van der Waals surface area contributed by atoms with Crippen LogP contribution in [0.3, 0.4) is 0 Å². The SMILES string of the molecule is Cc1nc(-c2nnc(NC(=O)c3ccc(F)cc3Cl)o2)cs1. The van der Waals surface area contributed by atoms with Gasteiger partial charge in [0.25, 0.3) is 11.8 Å². The minimum atomic E-state index is -0.574. The molecule has 6 nitrogen and oxygen atoms in total. The third kappa shape index (κ3) is 2.97. The van der Waals surface area contributed by atoms with Crippen LogP contribution in [0, 0.1) is 12.7 Å². The van der Waals surface area contributed by atoms with Crippen LogP contribution in [0.25, 0.3) is 11.6 Å². The van der Waals surface area contributed by atoms with Crippen molar-refractivity contribution in [1.82, 2.24) is 15.2 Å². The van der Waals surface area contributed by atoms with Gasteiger partial charge in [-0.25, -0.2) is 9.37 Å². The zero-order valence-electron chi connectivity index (χ0n) is 11.1. The molecule has 1 aromatic carbocycles. The van der Waals surface area contributed by atoms with Crippen molar-refractivity contribution in [2.75, 3.05) is 5.32 Å². The molecule has 0 atom stereocenters. The van der Waals surface area contributed by atoms with Gasteiger partial charge in [-0.2, -0.15) is 0 Å². The highest BCUT2D eigenvalue weighted by Crippen LogP contribution is 2.23. The average molecular weight is 339 g/mol. The number of halogens is 2. The monoisotopic (exact) mass is 338 g/mol. The zero-order chi connectivity index (χ0) is 15.7. The Morgan fingerprint density at radius 1 is 1.41 bits per heavy atom. The largest absolute Gasteiger partial charge is 0.401 e. The number of thiazole rings is 1. The van der Waals surface area contributed by atoms with Gasteiger partial charge in [0, 0.05) is 5.38 Å². The summed E-state index contributed by atoms with van der Waals surface area (Å²) in [5.41, 5.74) is 0.641. The molecule has 0 saturated carbocycles. The van der Waals surface area contributed by atoms with Crippen LogP contribution < -0.4 is 5.32 Å². The number of carbonyl (C=O) groups is 1. The number of aromatic nitrogens is 3. The first-order valence-corrected chi connectivity index (χ1v) is 7.31. The van der Waals surface area contributed by atoms with E-state index in [0.29, 0.717) is 5.69 Å². The first-order valence-electron chi connectivity index (χ1n) is 6.05. The highest BCUT2D eigenvalue weighted by Gasteiger charge is 2.16. The Labute approximate surface area is 133 Å². The van der Waals surface area contributed by atoms with Crippen LogP contribution in [-0.4, -0.2) is 21.1 Å².